The summed E-state index contributed by atoms with van der Waals surface area (Å²) in [6, 6.07) is 8.71. The van der Waals surface area contributed by atoms with Crippen LogP contribution in [0, 0.1) is 0 Å². The molecule has 1 atom stereocenters. The lowest BCUT2D eigenvalue weighted by Crippen LogP contribution is -2.28. The van der Waals surface area contributed by atoms with E-state index in [4.69, 9.17) is 5.73 Å². The van der Waals surface area contributed by atoms with Crippen LogP contribution in [-0.2, 0) is 13.0 Å². The first kappa shape index (κ1) is 14.1. The van der Waals surface area contributed by atoms with Gasteiger partial charge in [0.15, 0.2) is 0 Å². The van der Waals surface area contributed by atoms with Crippen molar-refractivity contribution < 1.29 is 0 Å². The van der Waals surface area contributed by atoms with Crippen LogP contribution in [0.5, 0.6) is 0 Å². The highest BCUT2D eigenvalue weighted by atomic mass is 16.1. The number of benzene rings is 1. The van der Waals surface area contributed by atoms with E-state index in [9.17, 15) is 4.79 Å². The van der Waals surface area contributed by atoms with Crippen molar-refractivity contribution in [3.05, 3.63) is 58.3 Å². The second kappa shape index (κ2) is 5.90. The minimum absolute atomic E-state index is 0.0653. The van der Waals surface area contributed by atoms with Crippen LogP contribution < -0.4 is 11.4 Å². The highest BCUT2D eigenvalue weighted by molar-refractivity contribution is 5.25. The Morgan fingerprint density at radius 3 is 2.57 bits per heavy atom. The summed E-state index contributed by atoms with van der Waals surface area (Å²) < 4.78 is 3.56. The molecule has 0 spiro atoms. The minimum Gasteiger partial charge on any atom is -0.322 e. The predicted octanol–water partition coefficient (Wildman–Crippen LogP) is 2.64. The van der Waals surface area contributed by atoms with Crippen molar-refractivity contribution in [2.45, 2.75) is 51.2 Å². The molecule has 1 aromatic heterocycles. The van der Waals surface area contributed by atoms with Gasteiger partial charge in [-0.1, -0.05) is 37.6 Å². The molecule has 0 bridgehead atoms. The van der Waals surface area contributed by atoms with Crippen LogP contribution in [0.4, 0.5) is 0 Å². The lowest BCUT2D eigenvalue weighted by molar-refractivity contribution is 0.545. The standard InChI is InChI=1S/C17H23N3O/c1-2-3-13-4-6-14(7-5-13)16(18)12-19-10-11-20(17(19)21)15-8-9-15/h4-7,10-11,15-16H,2-3,8-9,12,18H2,1H3. The molecule has 3 rings (SSSR count). The van der Waals surface area contributed by atoms with Gasteiger partial charge in [-0.25, -0.2) is 4.79 Å². The Kier molecular flexibility index (Phi) is 3.97. The fraction of sp³-hybridized carbons (Fsp3) is 0.471. The number of hydrogen-bond acceptors (Lipinski definition) is 2. The summed E-state index contributed by atoms with van der Waals surface area (Å²) in [7, 11) is 0. The van der Waals surface area contributed by atoms with Crippen LogP contribution >= 0.6 is 0 Å². The second-order valence-corrected chi connectivity index (χ2v) is 5.97. The third-order valence-corrected chi connectivity index (χ3v) is 4.15. The molecule has 1 heterocycles. The fourth-order valence-corrected chi connectivity index (χ4v) is 2.74. The molecule has 1 aromatic carbocycles. The van der Waals surface area contributed by atoms with E-state index in [0.29, 0.717) is 12.6 Å². The van der Waals surface area contributed by atoms with Gasteiger partial charge in [-0.3, -0.25) is 9.13 Å². The topological polar surface area (TPSA) is 52.9 Å². The van der Waals surface area contributed by atoms with Crippen molar-refractivity contribution in [2.75, 3.05) is 0 Å². The molecule has 112 valence electrons. The van der Waals surface area contributed by atoms with Crippen molar-refractivity contribution in [2.24, 2.45) is 5.73 Å². The number of imidazole rings is 1. The Labute approximate surface area is 125 Å². The summed E-state index contributed by atoms with van der Waals surface area (Å²) in [5, 5.41) is 0. The predicted molar refractivity (Wildman–Crippen MR) is 84.3 cm³/mol. The van der Waals surface area contributed by atoms with Gasteiger partial charge in [0.2, 0.25) is 0 Å². The molecule has 2 N–H and O–H groups in total. The lowest BCUT2D eigenvalue weighted by atomic mass is 10.0. The Hall–Kier alpha value is -1.81. The van der Waals surface area contributed by atoms with Crippen LogP contribution in [0.25, 0.3) is 0 Å². The van der Waals surface area contributed by atoms with E-state index in [2.05, 4.69) is 31.2 Å². The van der Waals surface area contributed by atoms with Crippen LogP contribution in [0.1, 0.15) is 49.4 Å². The zero-order valence-corrected chi connectivity index (χ0v) is 12.5. The molecule has 0 aliphatic heterocycles. The summed E-state index contributed by atoms with van der Waals surface area (Å²) in [5.41, 5.74) is 8.74. The van der Waals surface area contributed by atoms with Crippen molar-refractivity contribution in [1.29, 1.82) is 0 Å². The molecule has 21 heavy (non-hydrogen) atoms. The minimum atomic E-state index is -0.145. The normalized spacial score (nSPS) is 16.1. The highest BCUT2D eigenvalue weighted by Crippen LogP contribution is 2.33. The largest absolute Gasteiger partial charge is 0.328 e. The molecule has 4 nitrogen and oxygen atoms in total. The van der Waals surface area contributed by atoms with Gasteiger partial charge in [0.1, 0.15) is 0 Å². The van der Waals surface area contributed by atoms with E-state index in [0.717, 1.165) is 31.2 Å². The molecule has 1 aliphatic carbocycles. The van der Waals surface area contributed by atoms with Crippen molar-refractivity contribution in [3.8, 4) is 0 Å². The summed E-state index contributed by atoms with van der Waals surface area (Å²) in [5.74, 6) is 0. The van der Waals surface area contributed by atoms with Crippen molar-refractivity contribution in [3.63, 3.8) is 0 Å². The number of rotatable bonds is 6. The zero-order chi connectivity index (χ0) is 14.8. The molecule has 0 radical (unpaired) electrons. The lowest BCUT2D eigenvalue weighted by Gasteiger charge is -2.13. The van der Waals surface area contributed by atoms with Gasteiger partial charge in [0.25, 0.3) is 0 Å². The molecule has 1 saturated carbocycles. The summed E-state index contributed by atoms with van der Waals surface area (Å²) in [4.78, 5) is 12.2. The first-order valence-corrected chi connectivity index (χ1v) is 7.80. The number of aromatic nitrogens is 2. The molecule has 1 unspecified atom stereocenters. The molecular formula is C17H23N3O. The zero-order valence-electron chi connectivity index (χ0n) is 12.5. The number of nitrogens with zero attached hydrogens (tertiary/aromatic N) is 2. The van der Waals surface area contributed by atoms with Gasteiger partial charge in [-0.05, 0) is 30.4 Å². The van der Waals surface area contributed by atoms with Crippen molar-refractivity contribution >= 4 is 0 Å². The fourth-order valence-electron chi connectivity index (χ4n) is 2.74. The van der Waals surface area contributed by atoms with Crippen molar-refractivity contribution in [1.82, 2.24) is 9.13 Å². The van der Waals surface area contributed by atoms with Crippen LogP contribution in [0.2, 0.25) is 0 Å². The summed E-state index contributed by atoms with van der Waals surface area (Å²) in [6.45, 7) is 2.71. The third kappa shape index (κ3) is 3.10. The average molecular weight is 285 g/mol. The van der Waals surface area contributed by atoms with E-state index < -0.39 is 0 Å². The van der Waals surface area contributed by atoms with E-state index >= 15 is 0 Å². The second-order valence-electron chi connectivity index (χ2n) is 5.97. The number of nitrogens with two attached hydrogens (primary N) is 1. The summed E-state index contributed by atoms with van der Waals surface area (Å²) in [6.07, 6.45) is 8.22. The number of hydrogen-bond donors (Lipinski definition) is 1. The van der Waals surface area contributed by atoms with Crippen LogP contribution in [0.3, 0.4) is 0 Å². The summed E-state index contributed by atoms with van der Waals surface area (Å²) >= 11 is 0. The van der Waals surface area contributed by atoms with E-state index in [-0.39, 0.29) is 11.7 Å². The maximum atomic E-state index is 12.2. The molecule has 2 aromatic rings. The Morgan fingerprint density at radius 2 is 1.95 bits per heavy atom. The first-order chi connectivity index (χ1) is 10.2. The molecule has 4 heteroatoms. The van der Waals surface area contributed by atoms with Gasteiger partial charge >= 0.3 is 5.69 Å². The highest BCUT2D eigenvalue weighted by Gasteiger charge is 2.25. The maximum absolute atomic E-state index is 12.2. The van der Waals surface area contributed by atoms with Gasteiger partial charge in [-0.15, -0.1) is 0 Å². The van der Waals surface area contributed by atoms with E-state index in [1.165, 1.54) is 5.56 Å². The first-order valence-electron chi connectivity index (χ1n) is 7.80. The SMILES string of the molecule is CCCc1ccc(C(N)Cn2ccn(C3CC3)c2=O)cc1. The Balaban J connectivity index is 1.70. The van der Waals surface area contributed by atoms with Crippen LogP contribution in [0.15, 0.2) is 41.5 Å². The average Bonchev–Trinajstić information content (AvgIpc) is 3.26. The van der Waals surface area contributed by atoms with E-state index in [1.54, 1.807) is 4.57 Å². The molecule has 1 fully saturated rings. The third-order valence-electron chi connectivity index (χ3n) is 4.15. The quantitative estimate of drug-likeness (QED) is 0.887. The van der Waals surface area contributed by atoms with Gasteiger partial charge in [-0.2, -0.15) is 0 Å². The smallest absolute Gasteiger partial charge is 0.322 e. The Bertz CT molecular complexity index is 649. The Morgan fingerprint density at radius 1 is 1.24 bits per heavy atom. The van der Waals surface area contributed by atoms with Gasteiger partial charge in [0, 0.05) is 31.0 Å². The maximum Gasteiger partial charge on any atom is 0.328 e. The van der Waals surface area contributed by atoms with E-state index in [1.807, 2.05) is 17.0 Å². The monoisotopic (exact) mass is 285 g/mol. The van der Waals surface area contributed by atoms with Gasteiger partial charge in [0.05, 0.1) is 0 Å². The molecule has 1 aliphatic rings. The van der Waals surface area contributed by atoms with Crippen LogP contribution in [-0.4, -0.2) is 9.13 Å². The number of aryl methyl sites for hydroxylation is 1. The molecule has 0 saturated heterocycles. The molecule has 0 amide bonds. The molecular weight excluding hydrogens is 262 g/mol. The van der Waals surface area contributed by atoms with Gasteiger partial charge < -0.3 is 5.73 Å².